The first-order chi connectivity index (χ1) is 9.63. The van der Waals surface area contributed by atoms with Crippen LogP contribution in [0.1, 0.15) is 16.1 Å². The quantitative estimate of drug-likeness (QED) is 0.394. The number of thiophene rings is 1. The van der Waals surface area contributed by atoms with Crippen molar-refractivity contribution in [2.24, 2.45) is 0 Å². The molecular formula is C15H10Br3NS. The van der Waals surface area contributed by atoms with Crippen molar-refractivity contribution in [1.29, 1.82) is 0 Å². The van der Waals surface area contributed by atoms with Gasteiger partial charge in [0.25, 0.3) is 0 Å². The van der Waals surface area contributed by atoms with E-state index in [2.05, 4.69) is 78.1 Å². The highest BCUT2D eigenvalue weighted by molar-refractivity contribution is 9.12. The van der Waals surface area contributed by atoms with Gasteiger partial charge in [0.1, 0.15) is 0 Å². The maximum absolute atomic E-state index is 4.72. The molecule has 3 aromatic rings. The molecule has 5 heteroatoms. The van der Waals surface area contributed by atoms with E-state index in [1.807, 2.05) is 12.1 Å². The lowest BCUT2D eigenvalue weighted by molar-refractivity contribution is 0.914. The zero-order valence-electron chi connectivity index (χ0n) is 10.3. The van der Waals surface area contributed by atoms with Gasteiger partial charge in [0.2, 0.25) is 0 Å². The number of benzene rings is 1. The number of nitrogens with zero attached hydrogens (tertiary/aromatic N) is 1. The van der Waals surface area contributed by atoms with Gasteiger partial charge in [-0.05, 0) is 55.6 Å². The Bertz CT molecular complexity index is 754. The Morgan fingerprint density at radius 2 is 1.90 bits per heavy atom. The van der Waals surface area contributed by atoms with Gasteiger partial charge in [-0.2, -0.15) is 0 Å². The molecule has 1 atom stereocenters. The van der Waals surface area contributed by atoms with Crippen molar-refractivity contribution in [3.05, 3.63) is 61.3 Å². The van der Waals surface area contributed by atoms with E-state index in [4.69, 9.17) is 4.98 Å². The second kappa shape index (κ2) is 6.26. The maximum atomic E-state index is 4.72. The molecule has 20 heavy (non-hydrogen) atoms. The maximum Gasteiger partial charge on any atom is 0.0753 e. The molecule has 3 rings (SSSR count). The number of pyridine rings is 1. The van der Waals surface area contributed by atoms with Gasteiger partial charge in [0.15, 0.2) is 0 Å². The number of fused-ring (bicyclic) bond motifs is 1. The van der Waals surface area contributed by atoms with Crippen LogP contribution in [0.2, 0.25) is 0 Å². The van der Waals surface area contributed by atoms with E-state index in [0.717, 1.165) is 25.2 Å². The Morgan fingerprint density at radius 1 is 1.10 bits per heavy atom. The van der Waals surface area contributed by atoms with Crippen molar-refractivity contribution >= 4 is 70.0 Å². The minimum Gasteiger partial charge on any atom is -0.253 e. The van der Waals surface area contributed by atoms with Gasteiger partial charge in [-0.25, -0.2) is 0 Å². The van der Waals surface area contributed by atoms with Crippen LogP contribution in [0.4, 0.5) is 0 Å². The van der Waals surface area contributed by atoms with Crippen molar-refractivity contribution < 1.29 is 0 Å². The Kier molecular flexibility index (Phi) is 4.60. The average molecular weight is 476 g/mol. The molecule has 0 N–H and O–H groups in total. The van der Waals surface area contributed by atoms with E-state index in [9.17, 15) is 0 Å². The summed E-state index contributed by atoms with van der Waals surface area (Å²) in [4.78, 5) is 4.98. The van der Waals surface area contributed by atoms with E-state index in [0.29, 0.717) is 0 Å². The van der Waals surface area contributed by atoms with Gasteiger partial charge in [0.05, 0.1) is 13.1 Å². The lowest BCUT2D eigenvalue weighted by atomic mass is 10.1. The highest BCUT2D eigenvalue weighted by Crippen LogP contribution is 2.40. The fraction of sp³-hybridized carbons (Fsp3) is 0.133. The smallest absolute Gasteiger partial charge is 0.0753 e. The summed E-state index contributed by atoms with van der Waals surface area (Å²) in [5, 5.41) is 1.18. The summed E-state index contributed by atoms with van der Waals surface area (Å²) in [6.07, 6.45) is 0.868. The van der Waals surface area contributed by atoms with Crippen molar-refractivity contribution in [1.82, 2.24) is 4.98 Å². The fourth-order valence-electron chi connectivity index (χ4n) is 2.08. The lowest BCUT2D eigenvalue weighted by Gasteiger charge is -2.09. The average Bonchev–Trinajstić information content (AvgIpc) is 2.78. The van der Waals surface area contributed by atoms with Crippen molar-refractivity contribution in [2.75, 3.05) is 0 Å². The molecule has 0 aliphatic heterocycles. The van der Waals surface area contributed by atoms with Crippen LogP contribution in [0, 0.1) is 0 Å². The third-order valence-electron chi connectivity index (χ3n) is 3.06. The topological polar surface area (TPSA) is 12.9 Å². The zero-order chi connectivity index (χ0) is 14.1. The Balaban J connectivity index is 1.87. The summed E-state index contributed by atoms with van der Waals surface area (Å²) in [6, 6.07) is 14.6. The lowest BCUT2D eigenvalue weighted by Crippen LogP contribution is -1.97. The van der Waals surface area contributed by atoms with E-state index in [1.54, 1.807) is 11.3 Å². The van der Waals surface area contributed by atoms with Gasteiger partial charge in [0, 0.05) is 22.3 Å². The van der Waals surface area contributed by atoms with E-state index < -0.39 is 0 Å². The fourth-order valence-corrected chi connectivity index (χ4v) is 6.21. The molecule has 102 valence electrons. The zero-order valence-corrected chi connectivity index (χ0v) is 15.9. The van der Waals surface area contributed by atoms with Crippen molar-refractivity contribution in [3.8, 4) is 0 Å². The molecule has 0 amide bonds. The number of para-hydroxylation sites is 1. The number of hydrogen-bond donors (Lipinski definition) is 0. The van der Waals surface area contributed by atoms with Crippen LogP contribution in [0.25, 0.3) is 10.9 Å². The molecule has 1 aromatic carbocycles. The summed E-state index contributed by atoms with van der Waals surface area (Å²) in [5.74, 6) is 0. The first-order valence-corrected chi connectivity index (χ1v) is 9.39. The van der Waals surface area contributed by atoms with Gasteiger partial charge in [-0.1, -0.05) is 40.2 Å². The van der Waals surface area contributed by atoms with Crippen LogP contribution in [0.3, 0.4) is 0 Å². The molecule has 0 aliphatic rings. The van der Waals surface area contributed by atoms with Gasteiger partial charge >= 0.3 is 0 Å². The van der Waals surface area contributed by atoms with Gasteiger partial charge in [-0.3, -0.25) is 4.98 Å². The number of aromatic nitrogens is 1. The monoisotopic (exact) mass is 473 g/mol. The van der Waals surface area contributed by atoms with Crippen LogP contribution >= 0.6 is 59.1 Å². The number of halogens is 3. The molecule has 0 fully saturated rings. The highest BCUT2D eigenvalue weighted by Gasteiger charge is 2.15. The molecule has 2 aromatic heterocycles. The first kappa shape index (κ1) is 14.7. The van der Waals surface area contributed by atoms with Gasteiger partial charge < -0.3 is 0 Å². The Labute approximate surface area is 146 Å². The second-order valence-corrected chi connectivity index (χ2v) is 9.30. The molecule has 0 saturated heterocycles. The normalized spacial score (nSPS) is 12.8. The summed E-state index contributed by atoms with van der Waals surface area (Å²) in [6.45, 7) is 0. The Morgan fingerprint density at radius 3 is 2.65 bits per heavy atom. The van der Waals surface area contributed by atoms with Crippen LogP contribution in [0.15, 0.2) is 50.0 Å². The standard InChI is InChI=1S/C15H10Br3NS/c16-12(11-8-14(17)20-15(11)18)7-10-6-5-9-3-1-2-4-13(9)19-10/h1-6,8,12H,7H2. The summed E-state index contributed by atoms with van der Waals surface area (Å²) >= 11 is 12.6. The molecule has 0 spiro atoms. The highest BCUT2D eigenvalue weighted by atomic mass is 79.9. The van der Waals surface area contributed by atoms with Gasteiger partial charge in [-0.15, -0.1) is 11.3 Å². The van der Waals surface area contributed by atoms with Crippen molar-refractivity contribution in [2.45, 2.75) is 11.2 Å². The van der Waals surface area contributed by atoms with Crippen LogP contribution in [-0.2, 0) is 6.42 Å². The molecule has 1 nitrogen and oxygen atoms in total. The first-order valence-electron chi connectivity index (χ1n) is 6.07. The minimum atomic E-state index is 0.257. The van der Waals surface area contributed by atoms with Crippen LogP contribution < -0.4 is 0 Å². The van der Waals surface area contributed by atoms with Crippen LogP contribution in [0.5, 0.6) is 0 Å². The summed E-state index contributed by atoms with van der Waals surface area (Å²) < 4.78 is 2.29. The predicted molar refractivity (Wildman–Crippen MR) is 96.8 cm³/mol. The van der Waals surface area contributed by atoms with E-state index in [1.165, 1.54) is 10.9 Å². The Hall–Kier alpha value is -0.230. The van der Waals surface area contributed by atoms with Crippen LogP contribution in [-0.4, -0.2) is 4.98 Å². The largest absolute Gasteiger partial charge is 0.253 e. The summed E-state index contributed by atoms with van der Waals surface area (Å²) in [7, 11) is 0. The molecular weight excluding hydrogens is 466 g/mol. The molecule has 0 saturated carbocycles. The SMILES string of the molecule is Brc1cc(C(Br)Cc2ccc3ccccc3n2)c(Br)s1. The number of hydrogen-bond acceptors (Lipinski definition) is 2. The van der Waals surface area contributed by atoms with E-state index in [-0.39, 0.29) is 4.83 Å². The molecule has 2 heterocycles. The molecule has 1 unspecified atom stereocenters. The van der Waals surface area contributed by atoms with E-state index >= 15 is 0 Å². The third kappa shape index (κ3) is 3.16. The number of alkyl halides is 1. The second-order valence-electron chi connectivity index (χ2n) is 4.45. The molecule has 0 radical (unpaired) electrons. The predicted octanol–water partition coefficient (Wildman–Crippen LogP) is 6.50. The van der Waals surface area contributed by atoms with Crippen molar-refractivity contribution in [3.63, 3.8) is 0 Å². The minimum absolute atomic E-state index is 0.257. The molecule has 0 bridgehead atoms. The number of rotatable bonds is 3. The molecule has 0 aliphatic carbocycles. The third-order valence-corrected chi connectivity index (χ3v) is 6.27. The summed E-state index contributed by atoms with van der Waals surface area (Å²) in [5.41, 5.74) is 3.41.